The summed E-state index contributed by atoms with van der Waals surface area (Å²) in [6.07, 6.45) is 4.18. The lowest BCUT2D eigenvalue weighted by Crippen LogP contribution is -2.33. The van der Waals surface area contributed by atoms with Gasteiger partial charge in [-0.3, -0.25) is 9.59 Å². The van der Waals surface area contributed by atoms with E-state index in [9.17, 15) is 9.59 Å². The first kappa shape index (κ1) is 18.5. The van der Waals surface area contributed by atoms with Crippen LogP contribution >= 0.6 is 11.8 Å². The minimum Gasteiger partial charge on any atom is -0.494 e. The third-order valence-corrected chi connectivity index (χ3v) is 5.26. The summed E-state index contributed by atoms with van der Waals surface area (Å²) in [5, 5.41) is 3.41. The summed E-state index contributed by atoms with van der Waals surface area (Å²) < 4.78 is 7.46. The predicted octanol–water partition coefficient (Wildman–Crippen LogP) is 3.16. The zero-order valence-electron chi connectivity index (χ0n) is 15.2. The van der Waals surface area contributed by atoms with Crippen molar-refractivity contribution in [1.82, 2.24) is 9.55 Å². The third-order valence-electron chi connectivity index (χ3n) is 4.53. The minimum absolute atomic E-state index is 0.0981. The third kappa shape index (κ3) is 3.62. The highest BCUT2D eigenvalue weighted by Gasteiger charge is 2.31. The van der Waals surface area contributed by atoms with Gasteiger partial charge in [0, 0.05) is 19.4 Å². The maximum absolute atomic E-state index is 12.6. The Balaban J connectivity index is 1.96. The van der Waals surface area contributed by atoms with Crippen molar-refractivity contribution < 1.29 is 9.53 Å². The largest absolute Gasteiger partial charge is 0.494 e. The van der Waals surface area contributed by atoms with Crippen molar-refractivity contribution in [3.63, 3.8) is 0 Å². The van der Waals surface area contributed by atoms with Gasteiger partial charge >= 0.3 is 0 Å². The van der Waals surface area contributed by atoms with E-state index in [-0.39, 0.29) is 23.8 Å². The molecule has 1 atom stereocenters. The second kappa shape index (κ2) is 7.95. The lowest BCUT2D eigenvalue weighted by atomic mass is 9.87. The zero-order chi connectivity index (χ0) is 18.7. The molecule has 7 heteroatoms. The summed E-state index contributed by atoms with van der Waals surface area (Å²) in [4.78, 5) is 29.0. The maximum atomic E-state index is 12.6. The molecular weight excluding hydrogens is 350 g/mol. The first-order valence-corrected chi connectivity index (χ1v) is 9.95. The SMILES string of the molecule is CCCCOc1ccc([C@H]2CC(=O)Nc3c2c(=O)nc(SC)n3C)cc1. The van der Waals surface area contributed by atoms with E-state index < -0.39 is 0 Å². The molecule has 0 aliphatic carbocycles. The molecule has 0 radical (unpaired) electrons. The number of benzene rings is 1. The van der Waals surface area contributed by atoms with E-state index in [0.717, 1.165) is 24.2 Å². The molecule has 1 aromatic heterocycles. The standard InChI is InChI=1S/C19H23N3O3S/c1-4-5-10-25-13-8-6-12(7-9-13)14-11-15(23)20-17-16(14)18(24)21-19(26-3)22(17)2/h6-9,14H,4-5,10-11H2,1-3H3,(H,20,23)/t14-/m1/s1. The van der Waals surface area contributed by atoms with Crippen molar-refractivity contribution in [2.45, 2.75) is 37.3 Å². The van der Waals surface area contributed by atoms with Crippen molar-refractivity contribution in [3.8, 4) is 5.75 Å². The van der Waals surface area contributed by atoms with Crippen molar-refractivity contribution in [2.24, 2.45) is 7.05 Å². The van der Waals surface area contributed by atoms with Crippen LogP contribution in [0.25, 0.3) is 0 Å². The molecule has 138 valence electrons. The average Bonchev–Trinajstić information content (AvgIpc) is 2.64. The van der Waals surface area contributed by atoms with E-state index in [1.165, 1.54) is 11.8 Å². The number of nitrogens with one attached hydrogen (secondary N) is 1. The lowest BCUT2D eigenvalue weighted by molar-refractivity contribution is -0.116. The Hall–Kier alpha value is -2.28. The molecule has 2 aromatic rings. The summed E-state index contributed by atoms with van der Waals surface area (Å²) in [5.41, 5.74) is 1.18. The quantitative estimate of drug-likeness (QED) is 0.478. The second-order valence-corrected chi connectivity index (χ2v) is 7.07. The van der Waals surface area contributed by atoms with Crippen LogP contribution in [0.3, 0.4) is 0 Å². The first-order chi connectivity index (χ1) is 12.5. The zero-order valence-corrected chi connectivity index (χ0v) is 16.1. The number of ether oxygens (including phenoxy) is 1. The predicted molar refractivity (Wildman–Crippen MR) is 103 cm³/mol. The second-order valence-electron chi connectivity index (χ2n) is 6.30. The van der Waals surface area contributed by atoms with Gasteiger partial charge in [0.1, 0.15) is 11.6 Å². The van der Waals surface area contributed by atoms with Gasteiger partial charge in [0.25, 0.3) is 5.56 Å². The molecule has 6 nitrogen and oxygen atoms in total. The van der Waals surface area contributed by atoms with Gasteiger partial charge in [-0.05, 0) is 30.4 Å². The van der Waals surface area contributed by atoms with Crippen molar-refractivity contribution in [2.75, 3.05) is 18.2 Å². The van der Waals surface area contributed by atoms with Crippen LogP contribution in [-0.4, -0.2) is 28.3 Å². The number of fused-ring (bicyclic) bond motifs is 1. The van der Waals surface area contributed by atoms with Crippen LogP contribution < -0.4 is 15.6 Å². The Morgan fingerprint density at radius 3 is 2.69 bits per heavy atom. The number of amides is 1. The Bertz CT molecular complexity index is 862. The number of carbonyl (C=O) groups is 1. The molecule has 0 saturated carbocycles. The molecule has 0 saturated heterocycles. The molecule has 0 unspecified atom stereocenters. The lowest BCUT2D eigenvalue weighted by Gasteiger charge is -2.27. The normalized spacial score (nSPS) is 16.1. The first-order valence-electron chi connectivity index (χ1n) is 8.72. The van der Waals surface area contributed by atoms with Gasteiger partial charge in [-0.25, -0.2) is 0 Å². The molecule has 2 heterocycles. The topological polar surface area (TPSA) is 73.2 Å². The molecule has 1 aliphatic heterocycles. The van der Waals surface area contributed by atoms with Gasteiger partial charge in [-0.2, -0.15) is 4.98 Å². The number of aromatic nitrogens is 2. The summed E-state index contributed by atoms with van der Waals surface area (Å²) in [6, 6.07) is 7.64. The van der Waals surface area contributed by atoms with Gasteiger partial charge in [-0.1, -0.05) is 37.2 Å². The molecule has 3 rings (SSSR count). The molecule has 0 spiro atoms. The number of thioether (sulfide) groups is 1. The molecule has 1 amide bonds. The smallest absolute Gasteiger partial charge is 0.279 e. The van der Waals surface area contributed by atoms with Crippen LogP contribution in [0, 0.1) is 0 Å². The highest BCUT2D eigenvalue weighted by Crippen LogP contribution is 2.36. The number of rotatable bonds is 6. The average molecular weight is 373 g/mol. The maximum Gasteiger partial charge on any atom is 0.279 e. The number of hydrogen-bond donors (Lipinski definition) is 1. The van der Waals surface area contributed by atoms with Gasteiger partial charge in [0.15, 0.2) is 5.16 Å². The van der Waals surface area contributed by atoms with Crippen LogP contribution in [0.5, 0.6) is 5.75 Å². The minimum atomic E-state index is -0.300. The number of nitrogens with zero attached hydrogens (tertiary/aromatic N) is 2. The van der Waals surface area contributed by atoms with E-state index in [0.29, 0.717) is 23.1 Å². The van der Waals surface area contributed by atoms with Crippen LogP contribution in [0.15, 0.2) is 34.2 Å². The van der Waals surface area contributed by atoms with Gasteiger partial charge in [-0.15, -0.1) is 0 Å². The Morgan fingerprint density at radius 1 is 1.31 bits per heavy atom. The Morgan fingerprint density at radius 2 is 2.04 bits per heavy atom. The van der Waals surface area contributed by atoms with Crippen LogP contribution in [0.1, 0.15) is 43.2 Å². The number of hydrogen-bond acceptors (Lipinski definition) is 5. The number of carbonyl (C=O) groups excluding carboxylic acids is 1. The Labute approximate surface area is 157 Å². The highest BCUT2D eigenvalue weighted by molar-refractivity contribution is 7.98. The molecular formula is C19H23N3O3S. The monoisotopic (exact) mass is 373 g/mol. The van der Waals surface area contributed by atoms with E-state index >= 15 is 0 Å². The molecule has 0 fully saturated rings. The van der Waals surface area contributed by atoms with Gasteiger partial charge in [0.05, 0.1) is 12.2 Å². The van der Waals surface area contributed by atoms with Crippen LogP contribution in [0.2, 0.25) is 0 Å². The summed E-state index contributed by atoms with van der Waals surface area (Å²) in [6.45, 7) is 2.81. The van der Waals surface area contributed by atoms with Crippen LogP contribution in [-0.2, 0) is 11.8 Å². The number of anilines is 1. The van der Waals surface area contributed by atoms with E-state index in [1.54, 1.807) is 4.57 Å². The van der Waals surface area contributed by atoms with Crippen molar-refractivity contribution in [3.05, 3.63) is 45.7 Å². The molecule has 0 bridgehead atoms. The summed E-state index contributed by atoms with van der Waals surface area (Å²) in [5.74, 6) is 0.940. The van der Waals surface area contributed by atoms with Crippen molar-refractivity contribution in [1.29, 1.82) is 0 Å². The molecule has 1 N–H and O–H groups in total. The van der Waals surface area contributed by atoms with E-state index in [4.69, 9.17) is 4.74 Å². The Kier molecular flexibility index (Phi) is 5.66. The highest BCUT2D eigenvalue weighted by atomic mass is 32.2. The number of unbranched alkanes of at least 4 members (excludes halogenated alkanes) is 1. The molecule has 1 aliphatic rings. The van der Waals surface area contributed by atoms with E-state index in [2.05, 4.69) is 17.2 Å². The molecule has 1 aromatic carbocycles. The fourth-order valence-corrected chi connectivity index (χ4v) is 3.67. The van der Waals surface area contributed by atoms with Gasteiger partial charge < -0.3 is 14.6 Å². The fourth-order valence-electron chi connectivity index (χ4n) is 3.13. The fraction of sp³-hybridized carbons (Fsp3) is 0.421. The van der Waals surface area contributed by atoms with E-state index in [1.807, 2.05) is 37.6 Å². The van der Waals surface area contributed by atoms with Crippen LogP contribution in [0.4, 0.5) is 5.82 Å². The van der Waals surface area contributed by atoms with Gasteiger partial charge in [0.2, 0.25) is 5.91 Å². The summed E-state index contributed by atoms with van der Waals surface area (Å²) >= 11 is 1.38. The van der Waals surface area contributed by atoms with Crippen molar-refractivity contribution >= 4 is 23.5 Å². The summed E-state index contributed by atoms with van der Waals surface area (Å²) in [7, 11) is 1.81. The molecule has 26 heavy (non-hydrogen) atoms.